The lowest BCUT2D eigenvalue weighted by atomic mass is 9.93. The average molecular weight is 187 g/mol. The largest absolute Gasteiger partial charge is 0.380 e. The molecule has 2 rings (SSSR count). The fraction of sp³-hybridized carbons (Fsp3) is 1.00. The molecule has 0 aliphatic carbocycles. The van der Waals surface area contributed by atoms with E-state index in [9.17, 15) is 0 Å². The molecule has 0 aromatic rings. The first kappa shape index (κ1) is 8.85. The van der Waals surface area contributed by atoms with Crippen LogP contribution in [0.4, 0.5) is 0 Å². The first-order chi connectivity index (χ1) is 5.72. The summed E-state index contributed by atoms with van der Waals surface area (Å²) in [5.74, 6) is 0. The summed E-state index contributed by atoms with van der Waals surface area (Å²) in [6.07, 6.45) is 3.67. The van der Waals surface area contributed by atoms with Crippen molar-refractivity contribution < 1.29 is 4.74 Å². The van der Waals surface area contributed by atoms with Gasteiger partial charge in [0.2, 0.25) is 0 Å². The molecule has 2 fully saturated rings. The smallest absolute Gasteiger partial charge is 0.0613 e. The van der Waals surface area contributed by atoms with Crippen LogP contribution in [0.2, 0.25) is 0 Å². The third kappa shape index (κ3) is 1.50. The first-order valence-corrected chi connectivity index (χ1v) is 5.61. The Balaban J connectivity index is 2.02. The van der Waals surface area contributed by atoms with Crippen molar-refractivity contribution in [2.24, 2.45) is 5.73 Å². The van der Waals surface area contributed by atoms with E-state index in [-0.39, 0.29) is 0 Å². The summed E-state index contributed by atoms with van der Waals surface area (Å²) in [7, 11) is 0. The number of ether oxygens (including phenoxy) is 1. The van der Waals surface area contributed by atoms with Gasteiger partial charge in [-0.2, -0.15) is 0 Å². The molecule has 0 amide bonds. The van der Waals surface area contributed by atoms with E-state index in [0.29, 0.717) is 16.0 Å². The third-order valence-electron chi connectivity index (χ3n) is 2.93. The van der Waals surface area contributed by atoms with Crippen molar-refractivity contribution in [3.8, 4) is 0 Å². The van der Waals surface area contributed by atoms with Crippen molar-refractivity contribution in [2.75, 3.05) is 13.2 Å². The highest BCUT2D eigenvalue weighted by molar-refractivity contribution is 8.01. The van der Waals surface area contributed by atoms with Gasteiger partial charge >= 0.3 is 0 Å². The van der Waals surface area contributed by atoms with Crippen LogP contribution in [0.25, 0.3) is 0 Å². The maximum atomic E-state index is 6.01. The van der Waals surface area contributed by atoms with Gasteiger partial charge in [-0.3, -0.25) is 0 Å². The van der Waals surface area contributed by atoms with Gasteiger partial charge in [0.05, 0.1) is 6.61 Å². The fourth-order valence-corrected chi connectivity index (χ4v) is 3.97. The second-order valence-electron chi connectivity index (χ2n) is 4.03. The van der Waals surface area contributed by atoms with Gasteiger partial charge in [0, 0.05) is 22.6 Å². The molecule has 0 aromatic heterocycles. The Hall–Kier alpha value is 0.270. The molecule has 0 aromatic carbocycles. The molecule has 1 spiro atoms. The second-order valence-corrected chi connectivity index (χ2v) is 5.88. The van der Waals surface area contributed by atoms with Gasteiger partial charge in [0.1, 0.15) is 0 Å². The molecule has 0 saturated carbocycles. The highest BCUT2D eigenvalue weighted by Gasteiger charge is 2.43. The van der Waals surface area contributed by atoms with Crippen LogP contribution in [0.5, 0.6) is 0 Å². The average Bonchev–Trinajstić information content (AvgIpc) is 2.29. The molecule has 2 aliphatic rings. The molecule has 2 N–H and O–H groups in total. The number of hydrogen-bond acceptors (Lipinski definition) is 3. The standard InChI is InChI=1S/C9H17NOS/c1-7-8(10)5-9(12-7)3-2-4-11-6-9/h7-8H,2-6,10H2,1H3. The molecular weight excluding hydrogens is 170 g/mol. The minimum absolute atomic E-state index is 0.386. The molecule has 3 unspecified atom stereocenters. The predicted octanol–water partition coefficient (Wildman–Crippen LogP) is 1.39. The summed E-state index contributed by atoms with van der Waals surface area (Å²) in [4.78, 5) is 0. The van der Waals surface area contributed by atoms with E-state index in [2.05, 4.69) is 6.92 Å². The van der Waals surface area contributed by atoms with Crippen LogP contribution in [0.15, 0.2) is 0 Å². The van der Waals surface area contributed by atoms with Crippen molar-refractivity contribution in [1.82, 2.24) is 0 Å². The molecule has 2 saturated heterocycles. The molecule has 0 bridgehead atoms. The Kier molecular flexibility index (Phi) is 2.36. The van der Waals surface area contributed by atoms with E-state index in [4.69, 9.17) is 10.5 Å². The van der Waals surface area contributed by atoms with Crippen molar-refractivity contribution in [1.29, 1.82) is 0 Å². The monoisotopic (exact) mass is 187 g/mol. The Labute approximate surface area is 78.2 Å². The SMILES string of the molecule is CC1SC2(CCCOC2)CC1N. The van der Waals surface area contributed by atoms with Gasteiger partial charge in [-0.05, 0) is 19.3 Å². The molecule has 2 heterocycles. The highest BCUT2D eigenvalue weighted by atomic mass is 32.2. The van der Waals surface area contributed by atoms with Crippen molar-refractivity contribution in [3.05, 3.63) is 0 Å². The lowest BCUT2D eigenvalue weighted by Crippen LogP contribution is -2.35. The van der Waals surface area contributed by atoms with Crippen LogP contribution >= 0.6 is 11.8 Å². The molecule has 0 radical (unpaired) electrons. The summed E-state index contributed by atoms with van der Waals surface area (Å²) < 4.78 is 5.91. The quantitative estimate of drug-likeness (QED) is 0.622. The number of thioether (sulfide) groups is 1. The van der Waals surface area contributed by atoms with Crippen molar-refractivity contribution in [2.45, 2.75) is 42.2 Å². The van der Waals surface area contributed by atoms with E-state index < -0.39 is 0 Å². The second kappa shape index (κ2) is 3.20. The minimum atomic E-state index is 0.386. The third-order valence-corrected chi connectivity index (χ3v) is 4.64. The molecular formula is C9H17NOS. The maximum absolute atomic E-state index is 6.01. The van der Waals surface area contributed by atoms with Crippen molar-refractivity contribution >= 4 is 11.8 Å². The lowest BCUT2D eigenvalue weighted by molar-refractivity contribution is 0.0675. The van der Waals surface area contributed by atoms with Crippen LogP contribution in [0.3, 0.4) is 0 Å². The van der Waals surface area contributed by atoms with E-state index in [1.807, 2.05) is 11.8 Å². The molecule has 2 nitrogen and oxygen atoms in total. The predicted molar refractivity (Wildman–Crippen MR) is 52.4 cm³/mol. The topological polar surface area (TPSA) is 35.2 Å². The van der Waals surface area contributed by atoms with E-state index >= 15 is 0 Å². The van der Waals surface area contributed by atoms with Gasteiger partial charge in [-0.15, -0.1) is 11.8 Å². The van der Waals surface area contributed by atoms with Gasteiger partial charge in [-0.25, -0.2) is 0 Å². The molecule has 12 heavy (non-hydrogen) atoms. The minimum Gasteiger partial charge on any atom is -0.380 e. The Morgan fingerprint density at radius 1 is 1.58 bits per heavy atom. The number of rotatable bonds is 0. The van der Waals surface area contributed by atoms with Crippen LogP contribution in [-0.4, -0.2) is 29.3 Å². The Bertz CT molecular complexity index is 156. The number of hydrogen-bond donors (Lipinski definition) is 1. The Morgan fingerprint density at radius 3 is 2.92 bits per heavy atom. The summed E-state index contributed by atoms with van der Waals surface area (Å²) in [5.41, 5.74) is 6.01. The van der Waals surface area contributed by atoms with Gasteiger partial charge in [0.25, 0.3) is 0 Å². The highest BCUT2D eigenvalue weighted by Crippen LogP contribution is 2.47. The van der Waals surface area contributed by atoms with E-state index in [1.165, 1.54) is 12.8 Å². The first-order valence-electron chi connectivity index (χ1n) is 4.73. The van der Waals surface area contributed by atoms with Crippen LogP contribution in [-0.2, 0) is 4.74 Å². The zero-order valence-corrected chi connectivity index (χ0v) is 8.40. The van der Waals surface area contributed by atoms with E-state index in [0.717, 1.165) is 19.6 Å². The summed E-state index contributed by atoms with van der Waals surface area (Å²) in [6.45, 7) is 4.11. The number of nitrogens with two attached hydrogens (primary N) is 1. The fourth-order valence-electron chi connectivity index (χ4n) is 2.21. The van der Waals surface area contributed by atoms with Gasteiger partial charge in [0.15, 0.2) is 0 Å². The Morgan fingerprint density at radius 2 is 2.42 bits per heavy atom. The summed E-state index contributed by atoms with van der Waals surface area (Å²) in [6, 6.07) is 0.386. The zero-order valence-electron chi connectivity index (χ0n) is 7.58. The van der Waals surface area contributed by atoms with Gasteiger partial charge in [-0.1, -0.05) is 6.92 Å². The maximum Gasteiger partial charge on any atom is 0.0613 e. The van der Waals surface area contributed by atoms with Gasteiger partial charge < -0.3 is 10.5 Å². The molecule has 70 valence electrons. The summed E-state index contributed by atoms with van der Waals surface area (Å²) >= 11 is 2.05. The van der Waals surface area contributed by atoms with Crippen LogP contribution in [0.1, 0.15) is 26.2 Å². The van der Waals surface area contributed by atoms with Crippen molar-refractivity contribution in [3.63, 3.8) is 0 Å². The lowest BCUT2D eigenvalue weighted by Gasteiger charge is -2.32. The zero-order chi connectivity index (χ0) is 8.60. The van der Waals surface area contributed by atoms with Crippen LogP contribution in [0, 0.1) is 0 Å². The van der Waals surface area contributed by atoms with Crippen LogP contribution < -0.4 is 5.73 Å². The van der Waals surface area contributed by atoms with E-state index in [1.54, 1.807) is 0 Å². The normalized spacial score (nSPS) is 48.5. The molecule has 2 aliphatic heterocycles. The molecule has 3 atom stereocenters. The molecule has 3 heteroatoms. The summed E-state index contributed by atoms with van der Waals surface area (Å²) in [5, 5.41) is 0.617.